The van der Waals surface area contributed by atoms with Crippen molar-refractivity contribution in [1.29, 1.82) is 0 Å². The smallest absolute Gasteiger partial charge is 0.416 e. The number of carboxylic acids is 1. The number of Topliss-reactive ketones (excluding diaryl/α,β-unsaturated/α-hetero) is 1. The van der Waals surface area contributed by atoms with E-state index in [-0.39, 0.29) is 42.9 Å². The van der Waals surface area contributed by atoms with Crippen molar-refractivity contribution >= 4 is 11.8 Å². The van der Waals surface area contributed by atoms with Crippen LogP contribution >= 0.6 is 0 Å². The first-order valence-electron chi connectivity index (χ1n) is 8.18. The molecule has 2 rings (SSSR count). The number of nitrogens with zero attached hydrogens (tertiary/aromatic N) is 1. The van der Waals surface area contributed by atoms with Crippen LogP contribution in [0.25, 0.3) is 11.3 Å². The molecule has 2 aromatic rings. The average molecular weight is 381 g/mol. The van der Waals surface area contributed by atoms with Crippen LogP contribution in [-0.2, 0) is 22.2 Å². The number of carboxylic acid groups (broad SMARTS) is 1. The van der Waals surface area contributed by atoms with E-state index in [1.165, 1.54) is 25.1 Å². The highest BCUT2D eigenvalue weighted by atomic mass is 19.4. The van der Waals surface area contributed by atoms with Crippen molar-refractivity contribution in [2.45, 2.75) is 38.8 Å². The lowest BCUT2D eigenvalue weighted by molar-refractivity contribution is -0.138. The topological polar surface area (TPSA) is 87.5 Å². The quantitative estimate of drug-likeness (QED) is 0.752. The van der Waals surface area contributed by atoms with Gasteiger partial charge in [0.25, 0.3) is 0 Å². The van der Waals surface area contributed by atoms with Gasteiger partial charge in [0.15, 0.2) is 0 Å². The molecular weight excluding hydrogens is 363 g/mol. The van der Waals surface area contributed by atoms with E-state index in [0.29, 0.717) is 16.8 Å². The third kappa shape index (κ3) is 5.54. The number of aryl methyl sites for hydroxylation is 2. The van der Waals surface area contributed by atoms with E-state index in [1.54, 1.807) is 0 Å². The van der Waals surface area contributed by atoms with Gasteiger partial charge in [0.05, 0.1) is 23.4 Å². The lowest BCUT2D eigenvalue weighted by Crippen LogP contribution is -2.06. The van der Waals surface area contributed by atoms with Crippen LogP contribution in [0.2, 0.25) is 0 Å². The summed E-state index contributed by atoms with van der Waals surface area (Å²) in [5.74, 6) is -1.46. The zero-order valence-electron chi connectivity index (χ0n) is 14.5. The fourth-order valence-corrected chi connectivity index (χ4v) is 2.58. The molecule has 1 aromatic heterocycles. The summed E-state index contributed by atoms with van der Waals surface area (Å²) < 4.78 is 38.4. The zero-order valence-corrected chi connectivity index (χ0v) is 14.5. The summed E-state index contributed by atoms with van der Waals surface area (Å²) in [6.07, 6.45) is -4.68. The maximum absolute atomic E-state index is 12.8. The van der Waals surface area contributed by atoms with Gasteiger partial charge in [-0.05, 0) is 36.8 Å². The number of aliphatic carboxylic acids is 1. The zero-order chi connectivity index (χ0) is 20.2. The van der Waals surface area contributed by atoms with Crippen molar-refractivity contribution in [3.8, 4) is 17.0 Å². The summed E-state index contributed by atoms with van der Waals surface area (Å²) in [6.45, 7) is 1.54. The van der Waals surface area contributed by atoms with Crippen molar-refractivity contribution in [2.24, 2.45) is 0 Å². The second-order valence-electron chi connectivity index (χ2n) is 6.12. The Hall–Kier alpha value is -2.90. The van der Waals surface area contributed by atoms with Gasteiger partial charge in [0, 0.05) is 24.8 Å². The number of pyridine rings is 1. The normalized spacial score (nSPS) is 11.4. The highest BCUT2D eigenvalue weighted by Gasteiger charge is 2.30. The molecule has 0 aliphatic carbocycles. The van der Waals surface area contributed by atoms with Gasteiger partial charge in [-0.15, -0.1) is 0 Å². The van der Waals surface area contributed by atoms with Gasteiger partial charge < -0.3 is 10.2 Å². The molecule has 1 aromatic carbocycles. The molecule has 0 atom stereocenters. The number of alkyl halides is 3. The molecule has 27 heavy (non-hydrogen) atoms. The molecule has 1 heterocycles. The van der Waals surface area contributed by atoms with Crippen LogP contribution in [0, 0.1) is 6.92 Å². The molecule has 144 valence electrons. The van der Waals surface area contributed by atoms with E-state index >= 15 is 0 Å². The number of ketones is 1. The third-order valence-electron chi connectivity index (χ3n) is 4.04. The average Bonchev–Trinajstić information content (AvgIpc) is 2.58. The van der Waals surface area contributed by atoms with Crippen molar-refractivity contribution in [3.63, 3.8) is 0 Å². The van der Waals surface area contributed by atoms with Crippen LogP contribution in [-0.4, -0.2) is 26.9 Å². The molecule has 0 bridgehead atoms. The Bertz CT molecular complexity index is 863. The van der Waals surface area contributed by atoms with Gasteiger partial charge in [-0.3, -0.25) is 9.59 Å². The van der Waals surface area contributed by atoms with Crippen LogP contribution in [0.3, 0.4) is 0 Å². The Labute approximate surface area is 153 Å². The van der Waals surface area contributed by atoms with Crippen LogP contribution in [0.4, 0.5) is 13.2 Å². The fraction of sp³-hybridized carbons (Fsp3) is 0.316. The number of benzene rings is 1. The molecule has 0 radical (unpaired) electrons. The standard InChI is InChI=1S/C19H18F3NO4/c1-11-10-12(19(20,21)22)2-5-14(11)15-7-8-17(25)16(23-15)6-3-13(24)4-9-18(26)27/h2,5,7-8,10,25H,3-4,6,9H2,1H3,(H,26,27). The van der Waals surface area contributed by atoms with Crippen molar-refractivity contribution < 1.29 is 33.0 Å². The molecule has 8 heteroatoms. The van der Waals surface area contributed by atoms with Gasteiger partial charge in [-0.25, -0.2) is 4.98 Å². The van der Waals surface area contributed by atoms with Gasteiger partial charge in [-0.1, -0.05) is 6.07 Å². The first-order valence-corrected chi connectivity index (χ1v) is 8.18. The predicted molar refractivity (Wildman–Crippen MR) is 91.3 cm³/mol. The molecule has 0 saturated carbocycles. The Balaban J connectivity index is 2.19. The minimum atomic E-state index is -4.44. The monoisotopic (exact) mass is 381 g/mol. The van der Waals surface area contributed by atoms with Gasteiger partial charge in [-0.2, -0.15) is 13.2 Å². The molecule has 0 spiro atoms. The maximum Gasteiger partial charge on any atom is 0.416 e. The van der Waals surface area contributed by atoms with E-state index < -0.39 is 17.7 Å². The van der Waals surface area contributed by atoms with E-state index in [2.05, 4.69) is 4.98 Å². The summed E-state index contributed by atoms with van der Waals surface area (Å²) in [6, 6.07) is 6.17. The largest absolute Gasteiger partial charge is 0.506 e. The van der Waals surface area contributed by atoms with Crippen molar-refractivity contribution in [3.05, 3.63) is 47.2 Å². The Morgan fingerprint density at radius 3 is 2.37 bits per heavy atom. The summed E-state index contributed by atoms with van der Waals surface area (Å²) in [4.78, 5) is 26.4. The maximum atomic E-state index is 12.8. The Morgan fingerprint density at radius 1 is 1.07 bits per heavy atom. The van der Waals surface area contributed by atoms with Gasteiger partial charge in [0.1, 0.15) is 11.5 Å². The molecule has 0 fully saturated rings. The van der Waals surface area contributed by atoms with Crippen LogP contribution in [0.1, 0.15) is 36.1 Å². The summed E-state index contributed by atoms with van der Waals surface area (Å²) in [5, 5.41) is 18.5. The third-order valence-corrected chi connectivity index (χ3v) is 4.04. The number of carbonyl (C=O) groups excluding carboxylic acids is 1. The van der Waals surface area contributed by atoms with Gasteiger partial charge >= 0.3 is 12.1 Å². The van der Waals surface area contributed by atoms with Crippen LogP contribution in [0.5, 0.6) is 5.75 Å². The number of carbonyl (C=O) groups is 2. The number of halogens is 3. The first-order chi connectivity index (χ1) is 12.6. The summed E-state index contributed by atoms with van der Waals surface area (Å²) >= 11 is 0. The Kier molecular flexibility index (Phi) is 6.20. The number of aromatic hydroxyl groups is 1. The summed E-state index contributed by atoms with van der Waals surface area (Å²) in [5.41, 5.74) is 0.724. The highest BCUT2D eigenvalue weighted by Crippen LogP contribution is 2.33. The van der Waals surface area contributed by atoms with E-state index in [0.717, 1.165) is 12.1 Å². The number of rotatable bonds is 7. The minimum absolute atomic E-state index is 0.0171. The lowest BCUT2D eigenvalue weighted by atomic mass is 10.0. The second-order valence-corrected chi connectivity index (χ2v) is 6.12. The molecule has 2 N–H and O–H groups in total. The fourth-order valence-electron chi connectivity index (χ4n) is 2.58. The van der Waals surface area contributed by atoms with Gasteiger partial charge in [0.2, 0.25) is 0 Å². The minimum Gasteiger partial charge on any atom is -0.506 e. The predicted octanol–water partition coefficient (Wildman–Crippen LogP) is 4.15. The molecule has 5 nitrogen and oxygen atoms in total. The van der Waals surface area contributed by atoms with Crippen molar-refractivity contribution in [2.75, 3.05) is 0 Å². The first kappa shape index (κ1) is 20.4. The lowest BCUT2D eigenvalue weighted by Gasteiger charge is -2.12. The van der Waals surface area contributed by atoms with E-state index in [1.807, 2.05) is 0 Å². The molecule has 0 saturated heterocycles. The van der Waals surface area contributed by atoms with E-state index in [9.17, 15) is 27.9 Å². The van der Waals surface area contributed by atoms with Crippen LogP contribution in [0.15, 0.2) is 30.3 Å². The SMILES string of the molecule is Cc1cc(C(F)(F)F)ccc1-c1ccc(O)c(CCC(=O)CCC(=O)O)n1. The summed E-state index contributed by atoms with van der Waals surface area (Å²) in [7, 11) is 0. The Morgan fingerprint density at radius 2 is 1.78 bits per heavy atom. The number of aromatic nitrogens is 1. The molecule has 0 aliphatic rings. The molecule has 0 amide bonds. The molecular formula is C19H18F3NO4. The number of hydrogen-bond donors (Lipinski definition) is 2. The molecule has 0 aliphatic heterocycles. The molecule has 0 unspecified atom stereocenters. The van der Waals surface area contributed by atoms with E-state index in [4.69, 9.17) is 5.11 Å². The highest BCUT2D eigenvalue weighted by molar-refractivity contribution is 5.82. The van der Waals surface area contributed by atoms with Crippen molar-refractivity contribution in [1.82, 2.24) is 4.98 Å². The van der Waals surface area contributed by atoms with Crippen LogP contribution < -0.4 is 0 Å². The number of hydrogen-bond acceptors (Lipinski definition) is 4. The second kappa shape index (κ2) is 8.20.